The minimum absolute atomic E-state index is 0.0815. The van der Waals surface area contributed by atoms with Gasteiger partial charge < -0.3 is 33.8 Å². The molecule has 94 heavy (non-hydrogen) atoms. The lowest BCUT2D eigenvalue weighted by Crippen LogP contribution is -2.30. The van der Waals surface area contributed by atoms with Gasteiger partial charge in [-0.3, -0.25) is 37.3 Å². The lowest BCUT2D eigenvalue weighted by atomic mass is 10.0. The highest BCUT2D eigenvalue weighted by atomic mass is 31.2. The number of hydrogen-bond acceptors (Lipinski definition) is 15. The van der Waals surface area contributed by atoms with Crippen molar-refractivity contribution in [3.63, 3.8) is 0 Å². The highest BCUT2D eigenvalue weighted by molar-refractivity contribution is 7.47. The standard InChI is InChI=1S/C75H138O17P2/c1-7-9-11-13-15-17-19-21-23-25-30-34-38-45-51-57-72(77)85-63-70(91-74(79)60-54-48-40-36-32-28-27-29-33-37-43-49-55-67(3)4)65-89-93(81,82)87-61-69(76)62-88-94(83,84)90-66-71(64-86-73(78)58-52-46-42-41-44-50-56-68(5)6)92-75(80)59-53-47-39-35-31-26-24-22-20-18-16-14-12-10-8-2/h17-24,67-71,76H,7-16,25-66H2,1-6H3,(H,81,82)(H,83,84)/b19-17-,20-18-,23-21-,24-22-/t69-,70-,71-/m1/s1. The van der Waals surface area contributed by atoms with Crippen LogP contribution in [0.3, 0.4) is 0 Å². The number of unbranched alkanes of at least 4 members (excludes halogenated alkanes) is 34. The second kappa shape index (κ2) is 65.9. The summed E-state index contributed by atoms with van der Waals surface area (Å²) in [5.41, 5.74) is 0. The molecule has 0 bridgehead atoms. The highest BCUT2D eigenvalue weighted by Crippen LogP contribution is 2.45. The predicted molar refractivity (Wildman–Crippen MR) is 381 cm³/mol. The first-order valence-corrected chi connectivity index (χ1v) is 40.6. The molecule has 17 nitrogen and oxygen atoms in total. The van der Waals surface area contributed by atoms with Gasteiger partial charge in [0.15, 0.2) is 12.2 Å². The average molecular weight is 1370 g/mol. The van der Waals surface area contributed by atoms with Gasteiger partial charge in [-0.05, 0) is 88.9 Å². The van der Waals surface area contributed by atoms with Gasteiger partial charge in [-0.15, -0.1) is 0 Å². The smallest absolute Gasteiger partial charge is 0.462 e. The third-order valence-electron chi connectivity index (χ3n) is 16.2. The van der Waals surface area contributed by atoms with Crippen molar-refractivity contribution in [3.8, 4) is 0 Å². The van der Waals surface area contributed by atoms with Gasteiger partial charge in [-0.25, -0.2) is 9.13 Å². The van der Waals surface area contributed by atoms with Gasteiger partial charge in [0.25, 0.3) is 0 Å². The molecule has 19 heteroatoms. The van der Waals surface area contributed by atoms with E-state index in [1.807, 2.05) is 0 Å². The SMILES string of the molecule is CCCCCC/C=C\C=C/CCCCCCCC(=O)OC[C@H](COP(=O)(O)OC[C@@H](O)COP(=O)(O)OC[C@@H](COC(=O)CCCCCCCCC(C)C)OC(=O)CCCCCCC/C=C\C=C/CCCCCC)OC(=O)CCCCCCCCCCCCCCC(C)C. The zero-order valence-electron chi connectivity index (χ0n) is 60.2. The molecule has 0 amide bonds. The number of hydrogen-bond donors (Lipinski definition) is 3. The van der Waals surface area contributed by atoms with Crippen LogP contribution in [0, 0.1) is 11.8 Å². The second-order valence-electron chi connectivity index (χ2n) is 26.6. The Labute approximate surface area is 572 Å². The van der Waals surface area contributed by atoms with Crippen molar-refractivity contribution in [3.05, 3.63) is 48.6 Å². The third-order valence-corrected chi connectivity index (χ3v) is 18.1. The van der Waals surface area contributed by atoms with E-state index >= 15 is 0 Å². The molecule has 0 aromatic carbocycles. The quantitative estimate of drug-likeness (QED) is 0.0169. The van der Waals surface area contributed by atoms with Crippen molar-refractivity contribution in [2.75, 3.05) is 39.6 Å². The zero-order valence-corrected chi connectivity index (χ0v) is 62.0. The van der Waals surface area contributed by atoms with Gasteiger partial charge in [0.05, 0.1) is 26.4 Å². The first-order chi connectivity index (χ1) is 45.4. The molecule has 0 aliphatic heterocycles. The van der Waals surface area contributed by atoms with Crippen LogP contribution in [0.25, 0.3) is 0 Å². The van der Waals surface area contributed by atoms with E-state index in [0.717, 1.165) is 134 Å². The van der Waals surface area contributed by atoms with Crippen LogP contribution in [0.2, 0.25) is 0 Å². The Morgan fingerprint density at radius 3 is 0.862 bits per heavy atom. The molecule has 0 spiro atoms. The molecule has 0 rings (SSSR count). The molecule has 0 saturated heterocycles. The fourth-order valence-electron chi connectivity index (χ4n) is 10.4. The fourth-order valence-corrected chi connectivity index (χ4v) is 12.0. The second-order valence-corrected chi connectivity index (χ2v) is 29.5. The van der Waals surface area contributed by atoms with Crippen LogP contribution in [0.15, 0.2) is 48.6 Å². The van der Waals surface area contributed by atoms with E-state index in [4.69, 9.17) is 37.0 Å². The van der Waals surface area contributed by atoms with E-state index in [9.17, 15) is 43.2 Å². The van der Waals surface area contributed by atoms with Gasteiger partial charge in [-0.1, -0.05) is 283 Å². The Hall–Kier alpha value is -2.98. The number of ether oxygens (including phenoxy) is 4. The van der Waals surface area contributed by atoms with Crippen molar-refractivity contribution in [1.29, 1.82) is 0 Å². The molecule has 3 N–H and O–H groups in total. The van der Waals surface area contributed by atoms with Gasteiger partial charge in [0, 0.05) is 25.7 Å². The van der Waals surface area contributed by atoms with Crippen LogP contribution in [-0.2, 0) is 65.4 Å². The minimum atomic E-state index is -4.97. The summed E-state index contributed by atoms with van der Waals surface area (Å²) in [6.07, 6.45) is 58.6. The first-order valence-electron chi connectivity index (χ1n) is 37.6. The van der Waals surface area contributed by atoms with Crippen LogP contribution in [0.1, 0.15) is 337 Å². The van der Waals surface area contributed by atoms with E-state index in [0.29, 0.717) is 31.6 Å². The molecule has 550 valence electrons. The summed E-state index contributed by atoms with van der Waals surface area (Å²) in [6.45, 7) is 9.37. The maximum absolute atomic E-state index is 13.1. The van der Waals surface area contributed by atoms with Crippen molar-refractivity contribution in [2.45, 2.75) is 355 Å². The molecule has 0 saturated carbocycles. The molecule has 0 fully saturated rings. The molecular formula is C75H138O17P2. The Bertz CT molecular complexity index is 2010. The number of esters is 4. The van der Waals surface area contributed by atoms with E-state index in [2.05, 4.69) is 90.2 Å². The van der Waals surface area contributed by atoms with Crippen LogP contribution in [0.4, 0.5) is 0 Å². The maximum Gasteiger partial charge on any atom is 0.472 e. The van der Waals surface area contributed by atoms with E-state index in [-0.39, 0.29) is 25.7 Å². The Morgan fingerprint density at radius 1 is 0.330 bits per heavy atom. The molecule has 0 radical (unpaired) electrons. The number of phosphoric ester groups is 2. The van der Waals surface area contributed by atoms with Crippen molar-refractivity contribution in [2.24, 2.45) is 11.8 Å². The number of aliphatic hydroxyl groups is 1. The van der Waals surface area contributed by atoms with Gasteiger partial charge in [0.2, 0.25) is 0 Å². The normalized spacial score (nSPS) is 14.4. The molecule has 0 aromatic heterocycles. The molecule has 2 unspecified atom stereocenters. The molecule has 0 aromatic rings. The molecule has 0 aliphatic carbocycles. The molecule has 0 heterocycles. The minimum Gasteiger partial charge on any atom is -0.462 e. The number of allylic oxidation sites excluding steroid dienone is 8. The number of rotatable bonds is 70. The Kier molecular flexibility index (Phi) is 63.8. The van der Waals surface area contributed by atoms with Crippen LogP contribution >= 0.6 is 15.6 Å². The Balaban J connectivity index is 5.31. The summed E-state index contributed by atoms with van der Waals surface area (Å²) in [6, 6.07) is 0. The topological polar surface area (TPSA) is 237 Å². The van der Waals surface area contributed by atoms with Gasteiger partial charge in [-0.2, -0.15) is 0 Å². The summed E-state index contributed by atoms with van der Waals surface area (Å²) >= 11 is 0. The summed E-state index contributed by atoms with van der Waals surface area (Å²) in [4.78, 5) is 72.7. The van der Waals surface area contributed by atoms with E-state index in [1.54, 1.807) is 0 Å². The first kappa shape index (κ1) is 91.0. The van der Waals surface area contributed by atoms with Crippen molar-refractivity contribution in [1.82, 2.24) is 0 Å². The van der Waals surface area contributed by atoms with E-state index in [1.165, 1.54) is 116 Å². The fraction of sp³-hybridized carbons (Fsp3) is 0.840. The molecule has 0 aliphatic rings. The maximum atomic E-state index is 13.1. The average Bonchev–Trinajstić information content (AvgIpc) is 1.63. The Morgan fingerprint density at radius 2 is 0.574 bits per heavy atom. The largest absolute Gasteiger partial charge is 0.472 e. The number of carbonyl (C=O) groups excluding carboxylic acids is 4. The number of aliphatic hydroxyl groups excluding tert-OH is 1. The van der Waals surface area contributed by atoms with Crippen LogP contribution < -0.4 is 0 Å². The zero-order chi connectivity index (χ0) is 69.3. The summed E-state index contributed by atoms with van der Waals surface area (Å²) < 4.78 is 68.3. The van der Waals surface area contributed by atoms with Crippen LogP contribution in [0.5, 0.6) is 0 Å². The van der Waals surface area contributed by atoms with Gasteiger partial charge in [0.1, 0.15) is 19.3 Å². The molecular weight excluding hydrogens is 1230 g/mol. The van der Waals surface area contributed by atoms with E-state index < -0.39 is 97.5 Å². The summed E-state index contributed by atoms with van der Waals surface area (Å²) in [5, 5.41) is 10.6. The monoisotopic (exact) mass is 1370 g/mol. The van der Waals surface area contributed by atoms with Crippen LogP contribution in [-0.4, -0.2) is 96.7 Å². The lowest BCUT2D eigenvalue weighted by molar-refractivity contribution is -0.161. The van der Waals surface area contributed by atoms with Crippen molar-refractivity contribution >= 4 is 39.5 Å². The van der Waals surface area contributed by atoms with Gasteiger partial charge >= 0.3 is 39.5 Å². The molecule has 5 atom stereocenters. The summed E-state index contributed by atoms with van der Waals surface area (Å²) in [7, 11) is -9.93. The highest BCUT2D eigenvalue weighted by Gasteiger charge is 2.30. The van der Waals surface area contributed by atoms with Crippen molar-refractivity contribution < 1.29 is 80.2 Å². The number of carbonyl (C=O) groups is 4. The lowest BCUT2D eigenvalue weighted by Gasteiger charge is -2.21. The summed E-state index contributed by atoms with van der Waals surface area (Å²) in [5.74, 6) is -0.734. The third kappa shape index (κ3) is 67.6. The predicted octanol–water partition coefficient (Wildman–Crippen LogP) is 21.0. The number of phosphoric acid groups is 2.